The van der Waals surface area contributed by atoms with E-state index in [1.165, 1.54) is 89.9 Å². The molecule has 0 saturated heterocycles. The molecule has 2 heteroatoms. The van der Waals surface area contributed by atoms with Crippen molar-refractivity contribution < 1.29 is 0 Å². The summed E-state index contributed by atoms with van der Waals surface area (Å²) in [7, 11) is 0. The fraction of sp³-hybridized carbons (Fsp3) is 1.00. The van der Waals surface area contributed by atoms with Gasteiger partial charge in [-0.3, -0.25) is 10.9 Å². The molecule has 0 bridgehead atoms. The normalized spacial score (nSPS) is 38.7. The molecule has 7 unspecified atom stereocenters. The van der Waals surface area contributed by atoms with E-state index in [2.05, 4.69) is 52.4 Å². The maximum absolute atomic E-state index is 3.70. The fourth-order valence-electron chi connectivity index (χ4n) is 8.49. The van der Waals surface area contributed by atoms with Gasteiger partial charge in [-0.1, -0.05) is 73.6 Å². The summed E-state index contributed by atoms with van der Waals surface area (Å²) in [4.78, 5) is 0. The van der Waals surface area contributed by atoms with Gasteiger partial charge >= 0.3 is 0 Å². The van der Waals surface area contributed by atoms with E-state index in [0.29, 0.717) is 16.9 Å². The quantitative estimate of drug-likeness (QED) is 0.269. The van der Waals surface area contributed by atoms with Gasteiger partial charge in [0.15, 0.2) is 0 Å². The van der Waals surface area contributed by atoms with Crippen LogP contribution in [0.3, 0.4) is 0 Å². The van der Waals surface area contributed by atoms with E-state index in [1.807, 2.05) is 0 Å². The Balaban J connectivity index is 1.67. The SMILES string of the molecule is CCCCCCC(C)C1CCC2C3CCC(NNCCC)CCC(C)(C)C3CCC12C. The number of fused-ring (bicyclic) bond motifs is 3. The highest BCUT2D eigenvalue weighted by Gasteiger charge is 2.56. The molecule has 3 rings (SSSR count). The highest BCUT2D eigenvalue weighted by molar-refractivity contribution is 5.06. The van der Waals surface area contributed by atoms with Crippen molar-refractivity contribution in [1.29, 1.82) is 0 Å². The van der Waals surface area contributed by atoms with Crippen molar-refractivity contribution in [3.8, 4) is 0 Å². The Labute approximate surface area is 195 Å². The van der Waals surface area contributed by atoms with Gasteiger partial charge < -0.3 is 0 Å². The monoisotopic (exact) mass is 432 g/mol. The summed E-state index contributed by atoms with van der Waals surface area (Å²) in [6.45, 7) is 16.2. The zero-order valence-corrected chi connectivity index (χ0v) is 22.1. The van der Waals surface area contributed by atoms with Gasteiger partial charge in [-0.05, 0) is 98.2 Å². The van der Waals surface area contributed by atoms with Crippen LogP contribution in [0.15, 0.2) is 0 Å². The molecule has 7 atom stereocenters. The molecule has 0 aromatic heterocycles. The van der Waals surface area contributed by atoms with Crippen LogP contribution in [0.25, 0.3) is 0 Å². The van der Waals surface area contributed by atoms with Crippen LogP contribution in [0.5, 0.6) is 0 Å². The van der Waals surface area contributed by atoms with Crippen molar-refractivity contribution in [3.63, 3.8) is 0 Å². The van der Waals surface area contributed by atoms with Gasteiger partial charge in [0.2, 0.25) is 0 Å². The highest BCUT2D eigenvalue weighted by atomic mass is 15.4. The van der Waals surface area contributed by atoms with Crippen LogP contribution in [-0.4, -0.2) is 12.6 Å². The summed E-state index contributed by atoms with van der Waals surface area (Å²) in [5.74, 6) is 4.80. The number of unbranched alkanes of at least 4 members (excludes halogenated alkanes) is 3. The summed E-state index contributed by atoms with van der Waals surface area (Å²) in [5, 5.41) is 0. The summed E-state index contributed by atoms with van der Waals surface area (Å²) in [5.41, 5.74) is 8.33. The molecule has 3 aliphatic carbocycles. The molecule has 3 aliphatic rings. The maximum Gasteiger partial charge on any atom is 0.0213 e. The molecule has 0 heterocycles. The number of hydrazine groups is 1. The Bertz CT molecular complexity index is 529. The minimum atomic E-state index is 0.501. The van der Waals surface area contributed by atoms with Crippen molar-refractivity contribution in [2.75, 3.05) is 6.54 Å². The molecule has 2 N–H and O–H groups in total. The predicted octanol–water partition coefficient (Wildman–Crippen LogP) is 8.12. The van der Waals surface area contributed by atoms with E-state index >= 15 is 0 Å². The van der Waals surface area contributed by atoms with E-state index in [0.717, 1.165) is 36.1 Å². The Morgan fingerprint density at radius 1 is 0.806 bits per heavy atom. The summed E-state index contributed by atoms with van der Waals surface area (Å²) < 4.78 is 0. The average Bonchev–Trinajstić information content (AvgIpc) is 3.08. The Kier molecular flexibility index (Phi) is 9.37. The maximum atomic E-state index is 3.70. The van der Waals surface area contributed by atoms with E-state index in [1.54, 1.807) is 0 Å². The Morgan fingerprint density at radius 2 is 1.61 bits per heavy atom. The molecule has 0 aliphatic heterocycles. The second kappa shape index (κ2) is 11.4. The molecular formula is C29H56N2. The van der Waals surface area contributed by atoms with Crippen LogP contribution in [0, 0.1) is 40.4 Å². The predicted molar refractivity (Wildman–Crippen MR) is 136 cm³/mol. The smallest absolute Gasteiger partial charge is 0.0213 e. The third kappa shape index (κ3) is 5.89. The number of nitrogens with one attached hydrogen (secondary N) is 2. The number of hydrogen-bond donors (Lipinski definition) is 2. The van der Waals surface area contributed by atoms with Gasteiger partial charge in [0.05, 0.1) is 0 Å². The minimum absolute atomic E-state index is 0.501. The molecule has 3 saturated carbocycles. The van der Waals surface area contributed by atoms with Crippen LogP contribution in [0.1, 0.15) is 131 Å². The molecule has 0 aromatic rings. The van der Waals surface area contributed by atoms with Gasteiger partial charge in [0.25, 0.3) is 0 Å². The molecule has 0 radical (unpaired) electrons. The van der Waals surface area contributed by atoms with Crippen LogP contribution >= 0.6 is 0 Å². The molecule has 182 valence electrons. The first-order valence-corrected chi connectivity index (χ1v) is 14.3. The minimum Gasteiger partial charge on any atom is -0.258 e. The van der Waals surface area contributed by atoms with Gasteiger partial charge in [0.1, 0.15) is 0 Å². The van der Waals surface area contributed by atoms with Crippen molar-refractivity contribution in [2.24, 2.45) is 40.4 Å². The second-order valence-electron chi connectivity index (χ2n) is 12.8. The number of rotatable bonds is 10. The van der Waals surface area contributed by atoms with Crippen LogP contribution in [0.2, 0.25) is 0 Å². The van der Waals surface area contributed by atoms with Gasteiger partial charge in [-0.2, -0.15) is 0 Å². The summed E-state index contributed by atoms with van der Waals surface area (Å²) in [6.07, 6.45) is 20.0. The van der Waals surface area contributed by atoms with Crippen molar-refractivity contribution in [2.45, 2.75) is 137 Å². The van der Waals surface area contributed by atoms with Crippen molar-refractivity contribution in [1.82, 2.24) is 10.9 Å². The lowest BCUT2D eigenvalue weighted by Gasteiger charge is -2.55. The Morgan fingerprint density at radius 3 is 2.35 bits per heavy atom. The lowest BCUT2D eigenvalue weighted by Crippen LogP contribution is -2.49. The van der Waals surface area contributed by atoms with Gasteiger partial charge in [0, 0.05) is 12.6 Å². The third-order valence-corrected chi connectivity index (χ3v) is 10.4. The summed E-state index contributed by atoms with van der Waals surface area (Å²) >= 11 is 0. The first-order valence-electron chi connectivity index (χ1n) is 14.3. The topological polar surface area (TPSA) is 24.1 Å². The van der Waals surface area contributed by atoms with Gasteiger partial charge in [-0.25, -0.2) is 0 Å². The van der Waals surface area contributed by atoms with Gasteiger partial charge in [-0.15, -0.1) is 0 Å². The van der Waals surface area contributed by atoms with E-state index in [-0.39, 0.29) is 0 Å². The lowest BCUT2D eigenvalue weighted by molar-refractivity contribution is -0.0572. The van der Waals surface area contributed by atoms with Crippen LogP contribution in [-0.2, 0) is 0 Å². The zero-order chi connectivity index (χ0) is 22.5. The second-order valence-corrected chi connectivity index (χ2v) is 12.8. The van der Waals surface area contributed by atoms with Crippen LogP contribution in [0.4, 0.5) is 0 Å². The fourth-order valence-corrected chi connectivity index (χ4v) is 8.49. The zero-order valence-electron chi connectivity index (χ0n) is 22.1. The third-order valence-electron chi connectivity index (χ3n) is 10.4. The van der Waals surface area contributed by atoms with E-state index < -0.39 is 0 Å². The number of hydrogen-bond acceptors (Lipinski definition) is 2. The first-order chi connectivity index (χ1) is 14.8. The van der Waals surface area contributed by atoms with E-state index in [9.17, 15) is 0 Å². The molecule has 2 nitrogen and oxygen atoms in total. The van der Waals surface area contributed by atoms with E-state index in [4.69, 9.17) is 0 Å². The first kappa shape index (κ1) is 25.5. The molecule has 0 spiro atoms. The molecule has 0 aromatic carbocycles. The molecular weight excluding hydrogens is 376 g/mol. The van der Waals surface area contributed by atoms with Crippen molar-refractivity contribution >= 4 is 0 Å². The molecule has 0 amide bonds. The highest BCUT2D eigenvalue weighted by Crippen LogP contribution is 2.64. The van der Waals surface area contributed by atoms with Crippen LogP contribution < -0.4 is 10.9 Å². The molecule has 3 fully saturated rings. The lowest BCUT2D eigenvalue weighted by atomic mass is 9.50. The Hall–Kier alpha value is -0.0800. The largest absolute Gasteiger partial charge is 0.258 e. The van der Waals surface area contributed by atoms with Crippen molar-refractivity contribution in [3.05, 3.63) is 0 Å². The molecule has 31 heavy (non-hydrogen) atoms. The average molecular weight is 433 g/mol. The standard InChI is InChI=1S/C29H56N2/c1-7-9-10-11-12-22(3)25-15-16-27-24-14-13-23(31-30-21-8-2)17-19-28(4,5)26(24)18-20-29(25,27)6/h22-27,30-31H,7-21H2,1-6H3. The summed E-state index contributed by atoms with van der Waals surface area (Å²) in [6, 6.07) is 0.662.